The van der Waals surface area contributed by atoms with E-state index in [0.29, 0.717) is 29.0 Å². The van der Waals surface area contributed by atoms with Crippen molar-refractivity contribution in [1.29, 1.82) is 0 Å². The molecule has 0 bridgehead atoms. The third-order valence-electron chi connectivity index (χ3n) is 4.31. The number of ether oxygens (including phenoxy) is 1. The molecule has 1 aliphatic heterocycles. The highest BCUT2D eigenvalue weighted by atomic mass is 32.1. The number of nitrogens with zero attached hydrogens (tertiary/aromatic N) is 3. The first kappa shape index (κ1) is 18.2. The SMILES string of the molecule is O=C(Nc1nnc(COc2ccccc2)s1)[C@@H]1CC(=O)N(Cc2ccco2)C1. The van der Waals surface area contributed by atoms with Gasteiger partial charge in [0.15, 0.2) is 5.01 Å². The second kappa shape index (κ2) is 8.22. The van der Waals surface area contributed by atoms with Gasteiger partial charge in [0.1, 0.15) is 18.1 Å². The minimum atomic E-state index is -0.421. The van der Waals surface area contributed by atoms with Gasteiger partial charge in [-0.25, -0.2) is 0 Å². The zero-order valence-corrected chi connectivity index (χ0v) is 15.7. The summed E-state index contributed by atoms with van der Waals surface area (Å²) in [7, 11) is 0. The molecule has 28 heavy (non-hydrogen) atoms. The van der Waals surface area contributed by atoms with E-state index in [1.54, 1.807) is 23.3 Å². The molecule has 1 N–H and O–H groups in total. The summed E-state index contributed by atoms with van der Waals surface area (Å²) in [6.07, 6.45) is 1.74. The average Bonchev–Trinajstić information content (AvgIpc) is 3.44. The van der Waals surface area contributed by atoms with E-state index in [0.717, 1.165) is 5.75 Å². The number of hydrogen-bond donors (Lipinski definition) is 1. The normalized spacial score (nSPS) is 16.4. The third-order valence-corrected chi connectivity index (χ3v) is 5.13. The summed E-state index contributed by atoms with van der Waals surface area (Å²) in [5.41, 5.74) is 0. The smallest absolute Gasteiger partial charge is 0.231 e. The Balaban J connectivity index is 1.29. The summed E-state index contributed by atoms with van der Waals surface area (Å²) in [6.45, 7) is 1.000. The molecule has 1 aromatic carbocycles. The van der Waals surface area contributed by atoms with Crippen LogP contribution in [0.1, 0.15) is 17.2 Å². The van der Waals surface area contributed by atoms with Crippen LogP contribution in [0.4, 0.5) is 5.13 Å². The van der Waals surface area contributed by atoms with Gasteiger partial charge in [-0.05, 0) is 24.3 Å². The number of benzene rings is 1. The Bertz CT molecular complexity index is 942. The van der Waals surface area contributed by atoms with Gasteiger partial charge in [0.2, 0.25) is 16.9 Å². The number of anilines is 1. The van der Waals surface area contributed by atoms with Crippen molar-refractivity contribution in [3.8, 4) is 5.75 Å². The number of nitrogens with one attached hydrogen (secondary N) is 1. The van der Waals surface area contributed by atoms with Crippen LogP contribution in [-0.2, 0) is 22.7 Å². The molecule has 3 aromatic rings. The van der Waals surface area contributed by atoms with Crippen molar-refractivity contribution < 1.29 is 18.7 Å². The Kier molecular flexibility index (Phi) is 5.34. The maximum atomic E-state index is 12.5. The number of rotatable bonds is 7. The van der Waals surface area contributed by atoms with Crippen molar-refractivity contribution in [3.63, 3.8) is 0 Å². The van der Waals surface area contributed by atoms with Crippen LogP contribution < -0.4 is 10.1 Å². The Hall–Kier alpha value is -3.20. The topological polar surface area (TPSA) is 97.6 Å². The average molecular weight is 398 g/mol. The van der Waals surface area contributed by atoms with Crippen LogP contribution in [0.5, 0.6) is 5.75 Å². The molecule has 0 radical (unpaired) electrons. The van der Waals surface area contributed by atoms with Crippen molar-refractivity contribution in [2.45, 2.75) is 19.6 Å². The van der Waals surface area contributed by atoms with Crippen LogP contribution in [-0.4, -0.2) is 33.5 Å². The highest BCUT2D eigenvalue weighted by Gasteiger charge is 2.35. The molecule has 0 unspecified atom stereocenters. The molecular formula is C19H18N4O4S. The maximum absolute atomic E-state index is 12.5. The van der Waals surface area contributed by atoms with Gasteiger partial charge in [0.25, 0.3) is 0 Å². The van der Waals surface area contributed by atoms with Crippen molar-refractivity contribution in [3.05, 3.63) is 59.5 Å². The number of amides is 2. The molecule has 0 spiro atoms. The Morgan fingerprint density at radius 1 is 1.25 bits per heavy atom. The first-order chi connectivity index (χ1) is 13.7. The lowest BCUT2D eigenvalue weighted by atomic mass is 10.1. The van der Waals surface area contributed by atoms with Crippen LogP contribution in [0.15, 0.2) is 53.1 Å². The molecule has 1 aliphatic rings. The summed E-state index contributed by atoms with van der Waals surface area (Å²) < 4.78 is 10.9. The highest BCUT2D eigenvalue weighted by Crippen LogP contribution is 2.23. The van der Waals surface area contributed by atoms with E-state index in [9.17, 15) is 9.59 Å². The lowest BCUT2D eigenvalue weighted by Crippen LogP contribution is -2.27. The van der Waals surface area contributed by atoms with Crippen LogP contribution in [0, 0.1) is 5.92 Å². The van der Waals surface area contributed by atoms with Gasteiger partial charge in [-0.15, -0.1) is 10.2 Å². The fourth-order valence-electron chi connectivity index (χ4n) is 2.92. The van der Waals surface area contributed by atoms with E-state index < -0.39 is 5.92 Å². The standard InChI is InChI=1S/C19H18N4O4S/c24-17-9-13(10-23(17)11-15-7-4-8-26-15)18(25)20-19-22-21-16(28-19)12-27-14-5-2-1-3-6-14/h1-8,13H,9-12H2,(H,20,22,25)/t13-/m1/s1. The van der Waals surface area contributed by atoms with Crippen LogP contribution in [0.2, 0.25) is 0 Å². The Labute approximate surface area is 165 Å². The summed E-state index contributed by atoms with van der Waals surface area (Å²) in [4.78, 5) is 26.3. The minimum Gasteiger partial charge on any atom is -0.486 e. The maximum Gasteiger partial charge on any atom is 0.231 e. The molecule has 9 heteroatoms. The van der Waals surface area contributed by atoms with Crippen LogP contribution >= 0.6 is 11.3 Å². The van der Waals surface area contributed by atoms with E-state index in [1.807, 2.05) is 30.3 Å². The van der Waals surface area contributed by atoms with E-state index in [4.69, 9.17) is 9.15 Å². The van der Waals surface area contributed by atoms with Crippen molar-refractivity contribution in [2.75, 3.05) is 11.9 Å². The van der Waals surface area contributed by atoms with Crippen molar-refractivity contribution in [1.82, 2.24) is 15.1 Å². The third kappa shape index (κ3) is 4.37. The number of likely N-dealkylation sites (tertiary alicyclic amines) is 1. The second-order valence-corrected chi connectivity index (χ2v) is 7.41. The molecule has 2 amide bonds. The highest BCUT2D eigenvalue weighted by molar-refractivity contribution is 7.15. The number of furan rings is 1. The number of carbonyl (C=O) groups is 2. The Morgan fingerprint density at radius 2 is 2.11 bits per heavy atom. The fraction of sp³-hybridized carbons (Fsp3) is 0.263. The summed E-state index contributed by atoms with van der Waals surface area (Å²) in [5, 5.41) is 11.8. The molecule has 0 aliphatic carbocycles. The molecule has 1 saturated heterocycles. The summed E-state index contributed by atoms with van der Waals surface area (Å²) in [6, 6.07) is 13.0. The fourth-order valence-corrected chi connectivity index (χ4v) is 3.58. The minimum absolute atomic E-state index is 0.0641. The number of para-hydroxylation sites is 1. The monoisotopic (exact) mass is 398 g/mol. The molecule has 8 nitrogen and oxygen atoms in total. The molecule has 4 rings (SSSR count). The van der Waals surface area contributed by atoms with Gasteiger partial charge in [0.05, 0.1) is 18.7 Å². The first-order valence-corrected chi connectivity index (χ1v) is 9.60. The largest absolute Gasteiger partial charge is 0.486 e. The van der Waals surface area contributed by atoms with Gasteiger partial charge < -0.3 is 19.4 Å². The lowest BCUT2D eigenvalue weighted by molar-refractivity contribution is -0.128. The molecule has 0 saturated carbocycles. The van der Waals surface area contributed by atoms with Gasteiger partial charge in [-0.2, -0.15) is 0 Å². The molecule has 1 fully saturated rings. The van der Waals surface area contributed by atoms with Crippen molar-refractivity contribution in [2.24, 2.45) is 5.92 Å². The lowest BCUT2D eigenvalue weighted by Gasteiger charge is -2.14. The van der Waals surface area contributed by atoms with E-state index in [1.165, 1.54) is 11.3 Å². The summed E-state index contributed by atoms with van der Waals surface area (Å²) in [5.74, 6) is 0.717. The second-order valence-electron chi connectivity index (χ2n) is 6.35. The predicted molar refractivity (Wildman–Crippen MR) is 102 cm³/mol. The molecule has 2 aromatic heterocycles. The van der Waals surface area contributed by atoms with Gasteiger partial charge in [0, 0.05) is 13.0 Å². The van der Waals surface area contributed by atoms with Gasteiger partial charge in [-0.1, -0.05) is 29.5 Å². The van der Waals surface area contributed by atoms with Crippen LogP contribution in [0.25, 0.3) is 0 Å². The molecular weight excluding hydrogens is 380 g/mol. The van der Waals surface area contributed by atoms with E-state index in [-0.39, 0.29) is 24.8 Å². The molecule has 144 valence electrons. The van der Waals surface area contributed by atoms with Crippen molar-refractivity contribution >= 4 is 28.3 Å². The zero-order valence-electron chi connectivity index (χ0n) is 14.9. The Morgan fingerprint density at radius 3 is 2.89 bits per heavy atom. The molecule has 3 heterocycles. The van der Waals surface area contributed by atoms with Gasteiger partial charge in [-0.3, -0.25) is 9.59 Å². The van der Waals surface area contributed by atoms with E-state index in [2.05, 4.69) is 15.5 Å². The zero-order chi connectivity index (χ0) is 19.3. The van der Waals surface area contributed by atoms with E-state index >= 15 is 0 Å². The summed E-state index contributed by atoms with van der Waals surface area (Å²) >= 11 is 1.25. The number of carbonyl (C=O) groups excluding carboxylic acids is 2. The number of aromatic nitrogens is 2. The first-order valence-electron chi connectivity index (χ1n) is 8.78. The molecule has 1 atom stereocenters. The number of hydrogen-bond acceptors (Lipinski definition) is 7. The van der Waals surface area contributed by atoms with Crippen LogP contribution in [0.3, 0.4) is 0 Å². The predicted octanol–water partition coefficient (Wildman–Crippen LogP) is 2.70. The van der Waals surface area contributed by atoms with Gasteiger partial charge >= 0.3 is 0 Å². The quantitative estimate of drug-likeness (QED) is 0.657.